The molecule has 1 heterocycles. The van der Waals surface area contributed by atoms with Crippen LogP contribution < -0.4 is 5.73 Å². The van der Waals surface area contributed by atoms with E-state index >= 15 is 0 Å². The van der Waals surface area contributed by atoms with Gasteiger partial charge < -0.3 is 5.73 Å². The fourth-order valence-electron chi connectivity index (χ4n) is 1.77. The monoisotopic (exact) mass is 305 g/mol. The van der Waals surface area contributed by atoms with Crippen LogP contribution in [0.1, 0.15) is 0 Å². The van der Waals surface area contributed by atoms with Gasteiger partial charge >= 0.3 is 0 Å². The molecule has 0 amide bonds. The zero-order valence-corrected chi connectivity index (χ0v) is 11.3. The minimum absolute atomic E-state index is 0.00481. The molecule has 0 aliphatic heterocycles. The van der Waals surface area contributed by atoms with Gasteiger partial charge in [-0.3, -0.25) is 4.68 Å². The minimum Gasteiger partial charge on any atom is -0.383 e. The van der Waals surface area contributed by atoms with Crippen LogP contribution in [0.3, 0.4) is 0 Å². The molecule has 1 aromatic carbocycles. The van der Waals surface area contributed by atoms with Crippen molar-refractivity contribution in [1.82, 2.24) is 9.78 Å². The number of benzene rings is 1. The van der Waals surface area contributed by atoms with E-state index in [4.69, 9.17) is 5.73 Å². The van der Waals surface area contributed by atoms with Crippen molar-refractivity contribution in [1.29, 1.82) is 0 Å². The summed E-state index contributed by atoms with van der Waals surface area (Å²) in [4.78, 5) is -1.30. The van der Waals surface area contributed by atoms with Gasteiger partial charge in [0.15, 0.2) is 21.5 Å². The summed E-state index contributed by atoms with van der Waals surface area (Å²) in [7, 11) is -2.77. The summed E-state index contributed by atoms with van der Waals surface area (Å²) < 4.78 is 65.2. The Hall–Kier alpha value is -2.03. The second kappa shape index (κ2) is 4.51. The summed E-state index contributed by atoms with van der Waals surface area (Å²) in [6.45, 7) is 0. The maximum atomic E-state index is 13.9. The number of rotatable bonds is 2. The molecule has 5 nitrogen and oxygen atoms in total. The highest BCUT2D eigenvalue weighted by Crippen LogP contribution is 2.33. The second-order valence-electron chi connectivity index (χ2n) is 4.20. The van der Waals surface area contributed by atoms with E-state index in [1.165, 1.54) is 11.7 Å². The van der Waals surface area contributed by atoms with E-state index in [-0.39, 0.29) is 11.4 Å². The summed E-state index contributed by atoms with van der Waals surface area (Å²) in [6.07, 6.45) is 1.72. The minimum atomic E-state index is -4.23. The standard InChI is InChI=1S/C11H10F3N3O2S/c1-17-11(15)6(4-16-17)5-3-7(12)10(20(2,18)19)9(14)8(5)13/h3-4H,15H2,1-2H3. The Morgan fingerprint density at radius 1 is 1.20 bits per heavy atom. The van der Waals surface area contributed by atoms with Gasteiger partial charge in [-0.05, 0) is 6.07 Å². The SMILES string of the molecule is Cn1ncc(-c2cc(F)c(S(C)(=O)=O)c(F)c2F)c1N. The van der Waals surface area contributed by atoms with Crippen molar-refractivity contribution < 1.29 is 21.6 Å². The molecule has 0 fully saturated rings. The van der Waals surface area contributed by atoms with E-state index in [1.807, 2.05) is 0 Å². The highest BCUT2D eigenvalue weighted by Gasteiger charge is 2.27. The van der Waals surface area contributed by atoms with Gasteiger partial charge in [0.05, 0.1) is 6.20 Å². The smallest absolute Gasteiger partial charge is 0.181 e. The van der Waals surface area contributed by atoms with Gasteiger partial charge in [0.25, 0.3) is 0 Å². The molecule has 0 aliphatic carbocycles. The van der Waals surface area contributed by atoms with Crippen LogP contribution in [0.15, 0.2) is 17.2 Å². The number of aryl methyl sites for hydroxylation is 1. The molecule has 2 aromatic rings. The van der Waals surface area contributed by atoms with Crippen molar-refractivity contribution >= 4 is 15.7 Å². The Bertz CT molecular complexity index is 800. The second-order valence-corrected chi connectivity index (χ2v) is 6.15. The first-order valence-corrected chi connectivity index (χ1v) is 7.19. The lowest BCUT2D eigenvalue weighted by atomic mass is 10.1. The van der Waals surface area contributed by atoms with Gasteiger partial charge in [-0.15, -0.1) is 0 Å². The van der Waals surface area contributed by atoms with E-state index in [0.29, 0.717) is 12.3 Å². The number of nitrogens with two attached hydrogens (primary N) is 1. The molecule has 9 heteroatoms. The summed E-state index contributed by atoms with van der Waals surface area (Å²) >= 11 is 0. The van der Waals surface area contributed by atoms with E-state index < -0.39 is 37.7 Å². The van der Waals surface area contributed by atoms with Crippen molar-refractivity contribution in [3.63, 3.8) is 0 Å². The Balaban J connectivity index is 2.80. The predicted molar refractivity (Wildman–Crippen MR) is 66.0 cm³/mol. The Morgan fingerprint density at radius 3 is 2.25 bits per heavy atom. The lowest BCUT2D eigenvalue weighted by Crippen LogP contribution is -2.08. The maximum absolute atomic E-state index is 13.9. The lowest BCUT2D eigenvalue weighted by molar-refractivity contribution is 0.462. The number of halogens is 3. The molecule has 1 aromatic heterocycles. The molecule has 20 heavy (non-hydrogen) atoms. The molecule has 0 radical (unpaired) electrons. The van der Waals surface area contributed by atoms with Crippen molar-refractivity contribution in [3.8, 4) is 11.1 Å². The van der Waals surface area contributed by atoms with Crippen molar-refractivity contribution in [3.05, 3.63) is 29.7 Å². The number of nitrogens with zero attached hydrogens (tertiary/aromatic N) is 2. The van der Waals surface area contributed by atoms with Gasteiger partial charge in [-0.1, -0.05) is 0 Å². The number of hydrogen-bond acceptors (Lipinski definition) is 4. The van der Waals surface area contributed by atoms with Crippen molar-refractivity contribution in [2.24, 2.45) is 7.05 Å². The lowest BCUT2D eigenvalue weighted by Gasteiger charge is -2.08. The first-order valence-electron chi connectivity index (χ1n) is 5.30. The zero-order chi connectivity index (χ0) is 15.2. The summed E-state index contributed by atoms with van der Waals surface area (Å²) in [6, 6.07) is 0.585. The average Bonchev–Trinajstić information content (AvgIpc) is 2.63. The van der Waals surface area contributed by atoms with Gasteiger partial charge in [-0.2, -0.15) is 5.10 Å². The Labute approximate surface area is 112 Å². The van der Waals surface area contributed by atoms with Crippen LogP contribution in [0.4, 0.5) is 19.0 Å². The number of aromatic nitrogens is 2. The average molecular weight is 305 g/mol. The molecule has 0 bridgehead atoms. The quantitative estimate of drug-likeness (QED) is 0.853. The zero-order valence-electron chi connectivity index (χ0n) is 10.5. The highest BCUT2D eigenvalue weighted by molar-refractivity contribution is 7.90. The van der Waals surface area contributed by atoms with Crippen LogP contribution in [-0.2, 0) is 16.9 Å². The van der Waals surface area contributed by atoms with E-state index in [9.17, 15) is 21.6 Å². The van der Waals surface area contributed by atoms with Crippen LogP contribution in [0.25, 0.3) is 11.1 Å². The van der Waals surface area contributed by atoms with Gasteiger partial charge in [0.2, 0.25) is 0 Å². The van der Waals surface area contributed by atoms with Crippen molar-refractivity contribution in [2.75, 3.05) is 12.0 Å². The molecule has 2 N–H and O–H groups in total. The molecule has 0 spiro atoms. The Morgan fingerprint density at radius 2 is 1.80 bits per heavy atom. The summed E-state index contributed by atoms with van der Waals surface area (Å²) in [5.74, 6) is -4.66. The first-order chi connectivity index (χ1) is 9.14. The molecular weight excluding hydrogens is 295 g/mol. The van der Waals surface area contributed by atoms with Gasteiger partial charge in [-0.25, -0.2) is 21.6 Å². The summed E-state index contributed by atoms with van der Waals surface area (Å²) in [5.41, 5.74) is 5.09. The normalized spacial score (nSPS) is 11.8. The van der Waals surface area contributed by atoms with Crippen LogP contribution in [-0.4, -0.2) is 24.5 Å². The molecular formula is C11H10F3N3O2S. The number of nitrogen functional groups attached to an aromatic ring is 1. The number of hydrogen-bond donors (Lipinski definition) is 1. The van der Waals surface area contributed by atoms with Crippen molar-refractivity contribution in [2.45, 2.75) is 4.90 Å². The van der Waals surface area contributed by atoms with Gasteiger partial charge in [0, 0.05) is 24.4 Å². The van der Waals surface area contributed by atoms with Crippen LogP contribution in [0, 0.1) is 17.5 Å². The molecule has 0 aliphatic rings. The van der Waals surface area contributed by atoms with E-state index in [2.05, 4.69) is 5.10 Å². The largest absolute Gasteiger partial charge is 0.383 e. The third kappa shape index (κ3) is 2.13. The van der Waals surface area contributed by atoms with Gasteiger partial charge in [0.1, 0.15) is 16.5 Å². The topological polar surface area (TPSA) is 78.0 Å². The third-order valence-electron chi connectivity index (χ3n) is 2.76. The molecule has 2 rings (SSSR count). The number of sulfone groups is 1. The molecule has 0 atom stereocenters. The van der Waals surface area contributed by atoms with Crippen LogP contribution in [0.2, 0.25) is 0 Å². The molecule has 0 saturated heterocycles. The first kappa shape index (κ1) is 14.4. The maximum Gasteiger partial charge on any atom is 0.181 e. The molecule has 108 valence electrons. The molecule has 0 unspecified atom stereocenters. The van der Waals surface area contributed by atoms with E-state index in [0.717, 1.165) is 6.20 Å². The highest BCUT2D eigenvalue weighted by atomic mass is 32.2. The summed E-state index contributed by atoms with van der Waals surface area (Å²) in [5, 5.41) is 3.73. The predicted octanol–water partition coefficient (Wildman–Crippen LogP) is 1.49. The fourth-order valence-corrected chi connectivity index (χ4v) is 2.60. The van der Waals surface area contributed by atoms with Crippen LogP contribution in [0.5, 0.6) is 0 Å². The number of anilines is 1. The third-order valence-corrected chi connectivity index (χ3v) is 3.88. The molecule has 0 saturated carbocycles. The fraction of sp³-hybridized carbons (Fsp3) is 0.182. The Kier molecular flexibility index (Phi) is 3.24. The van der Waals surface area contributed by atoms with E-state index in [1.54, 1.807) is 0 Å². The van der Waals surface area contributed by atoms with Crippen LogP contribution >= 0.6 is 0 Å².